The minimum absolute atomic E-state index is 0.140. The third kappa shape index (κ3) is 3.97. The Labute approximate surface area is 105 Å². The molecular weight excluding hydrogens is 236 g/mol. The summed E-state index contributed by atoms with van der Waals surface area (Å²) in [6.45, 7) is 4.39. The van der Waals surface area contributed by atoms with Gasteiger partial charge in [0.25, 0.3) is 0 Å². The number of aromatic hydroxyl groups is 1. The van der Waals surface area contributed by atoms with Crippen LogP contribution in [0, 0.1) is 5.92 Å². The topological polar surface area (TPSA) is 98.7 Å². The molecule has 1 aromatic carbocycles. The second-order valence-electron chi connectivity index (χ2n) is 4.26. The van der Waals surface area contributed by atoms with E-state index in [1.807, 2.05) is 13.8 Å². The summed E-state index contributed by atoms with van der Waals surface area (Å²) in [5, 5.41) is 23.2. The van der Waals surface area contributed by atoms with Gasteiger partial charge in [0.2, 0.25) is 0 Å². The molecule has 0 aliphatic carbocycles. The molecule has 6 heteroatoms. The average molecular weight is 252 g/mol. The quantitative estimate of drug-likeness (QED) is 0.615. The fourth-order valence-electron chi connectivity index (χ4n) is 1.28. The van der Waals surface area contributed by atoms with Gasteiger partial charge in [-0.1, -0.05) is 13.8 Å². The van der Waals surface area contributed by atoms with Gasteiger partial charge in [-0.05, 0) is 24.1 Å². The molecule has 2 amide bonds. The van der Waals surface area contributed by atoms with Crippen LogP contribution in [0.25, 0.3) is 0 Å². The number of rotatable bonds is 4. The van der Waals surface area contributed by atoms with Gasteiger partial charge in [-0.2, -0.15) is 0 Å². The van der Waals surface area contributed by atoms with Crippen molar-refractivity contribution in [2.24, 2.45) is 5.92 Å². The van der Waals surface area contributed by atoms with E-state index in [1.54, 1.807) is 0 Å². The zero-order chi connectivity index (χ0) is 13.7. The molecule has 0 aliphatic rings. The number of amides is 2. The van der Waals surface area contributed by atoms with Crippen LogP contribution in [0.15, 0.2) is 18.2 Å². The standard InChI is InChI=1S/C12H16N2O4/c1-7(2)6-13-12(18)14-10-4-3-8(15)5-9(10)11(16)17/h3-5,7,15H,6H2,1-2H3,(H,16,17)(H2,13,14,18). The molecule has 4 N–H and O–H groups in total. The highest BCUT2D eigenvalue weighted by Crippen LogP contribution is 2.21. The van der Waals surface area contributed by atoms with Crippen LogP contribution < -0.4 is 10.6 Å². The van der Waals surface area contributed by atoms with Gasteiger partial charge >= 0.3 is 12.0 Å². The maximum Gasteiger partial charge on any atom is 0.337 e. The van der Waals surface area contributed by atoms with E-state index in [2.05, 4.69) is 10.6 Å². The molecule has 1 rings (SSSR count). The van der Waals surface area contributed by atoms with Crippen molar-refractivity contribution in [3.8, 4) is 5.75 Å². The first kappa shape index (κ1) is 13.8. The minimum Gasteiger partial charge on any atom is -0.508 e. The fourth-order valence-corrected chi connectivity index (χ4v) is 1.28. The van der Waals surface area contributed by atoms with E-state index in [1.165, 1.54) is 12.1 Å². The van der Waals surface area contributed by atoms with Crippen LogP contribution in [0.2, 0.25) is 0 Å². The second kappa shape index (κ2) is 5.90. The number of carbonyl (C=O) groups is 2. The van der Waals surface area contributed by atoms with Gasteiger partial charge in [0.15, 0.2) is 0 Å². The zero-order valence-electron chi connectivity index (χ0n) is 10.2. The first-order chi connectivity index (χ1) is 8.40. The molecule has 0 saturated heterocycles. The molecule has 0 spiro atoms. The summed E-state index contributed by atoms with van der Waals surface area (Å²) in [6, 6.07) is 3.26. The highest BCUT2D eigenvalue weighted by atomic mass is 16.4. The lowest BCUT2D eigenvalue weighted by molar-refractivity contribution is 0.0697. The van der Waals surface area contributed by atoms with Crippen LogP contribution in [0.4, 0.5) is 10.5 Å². The number of benzene rings is 1. The zero-order valence-corrected chi connectivity index (χ0v) is 10.2. The van der Waals surface area contributed by atoms with Crippen LogP contribution >= 0.6 is 0 Å². The van der Waals surface area contributed by atoms with E-state index in [0.717, 1.165) is 6.07 Å². The van der Waals surface area contributed by atoms with Crippen LogP contribution in [-0.4, -0.2) is 28.8 Å². The van der Waals surface area contributed by atoms with Gasteiger partial charge in [0.05, 0.1) is 11.3 Å². The number of carboxylic acids is 1. The number of hydrogen-bond donors (Lipinski definition) is 4. The van der Waals surface area contributed by atoms with E-state index in [0.29, 0.717) is 12.5 Å². The van der Waals surface area contributed by atoms with Crippen LogP contribution in [-0.2, 0) is 0 Å². The van der Waals surface area contributed by atoms with Crippen molar-refractivity contribution in [2.45, 2.75) is 13.8 Å². The Morgan fingerprint density at radius 2 is 2.00 bits per heavy atom. The van der Waals surface area contributed by atoms with Crippen molar-refractivity contribution < 1.29 is 19.8 Å². The van der Waals surface area contributed by atoms with Gasteiger partial charge in [-0.3, -0.25) is 0 Å². The summed E-state index contributed by atoms with van der Waals surface area (Å²) >= 11 is 0. The monoisotopic (exact) mass is 252 g/mol. The Hall–Kier alpha value is -2.24. The molecule has 6 nitrogen and oxygen atoms in total. The summed E-state index contributed by atoms with van der Waals surface area (Å²) in [7, 11) is 0. The molecule has 0 aromatic heterocycles. The lowest BCUT2D eigenvalue weighted by Gasteiger charge is -2.11. The van der Waals surface area contributed by atoms with Crippen LogP contribution in [0.5, 0.6) is 5.75 Å². The third-order valence-corrected chi connectivity index (χ3v) is 2.15. The number of nitrogens with one attached hydrogen (secondary N) is 2. The van der Waals surface area contributed by atoms with E-state index < -0.39 is 12.0 Å². The van der Waals surface area contributed by atoms with Gasteiger partial charge in [-0.25, -0.2) is 9.59 Å². The van der Waals surface area contributed by atoms with E-state index in [9.17, 15) is 14.7 Å². The Morgan fingerprint density at radius 1 is 1.33 bits per heavy atom. The summed E-state index contributed by atoms with van der Waals surface area (Å²) in [4.78, 5) is 22.4. The Balaban J connectivity index is 2.78. The predicted octanol–water partition coefficient (Wildman–Crippen LogP) is 1.87. The molecule has 0 aliphatic heterocycles. The highest BCUT2D eigenvalue weighted by molar-refractivity contribution is 6.00. The molecule has 0 unspecified atom stereocenters. The molecular formula is C12H16N2O4. The lowest BCUT2D eigenvalue weighted by atomic mass is 10.1. The molecule has 0 bridgehead atoms. The number of phenolic OH excluding ortho intramolecular Hbond substituents is 1. The van der Waals surface area contributed by atoms with Crippen molar-refractivity contribution in [1.82, 2.24) is 5.32 Å². The molecule has 0 heterocycles. The molecule has 98 valence electrons. The molecule has 0 saturated carbocycles. The summed E-state index contributed by atoms with van der Waals surface area (Å²) < 4.78 is 0. The number of carbonyl (C=O) groups excluding carboxylic acids is 1. The summed E-state index contributed by atoms with van der Waals surface area (Å²) in [6.07, 6.45) is 0. The number of hydrogen-bond acceptors (Lipinski definition) is 3. The average Bonchev–Trinajstić information content (AvgIpc) is 2.28. The first-order valence-corrected chi connectivity index (χ1v) is 5.51. The molecule has 0 fully saturated rings. The van der Waals surface area contributed by atoms with E-state index in [-0.39, 0.29) is 17.0 Å². The number of phenols is 1. The Kier molecular flexibility index (Phi) is 4.53. The van der Waals surface area contributed by atoms with Crippen molar-refractivity contribution in [3.63, 3.8) is 0 Å². The Bertz CT molecular complexity index is 457. The molecule has 1 aromatic rings. The maximum absolute atomic E-state index is 11.5. The number of aromatic carboxylic acids is 1. The number of urea groups is 1. The van der Waals surface area contributed by atoms with E-state index >= 15 is 0 Å². The largest absolute Gasteiger partial charge is 0.508 e. The van der Waals surface area contributed by atoms with Gasteiger partial charge < -0.3 is 20.8 Å². The van der Waals surface area contributed by atoms with Gasteiger partial charge in [0, 0.05) is 6.54 Å². The van der Waals surface area contributed by atoms with Gasteiger partial charge in [0.1, 0.15) is 5.75 Å². The van der Waals surface area contributed by atoms with Crippen molar-refractivity contribution >= 4 is 17.7 Å². The first-order valence-electron chi connectivity index (χ1n) is 5.51. The molecule has 0 radical (unpaired) electrons. The van der Waals surface area contributed by atoms with Gasteiger partial charge in [-0.15, -0.1) is 0 Å². The van der Waals surface area contributed by atoms with Crippen molar-refractivity contribution in [1.29, 1.82) is 0 Å². The third-order valence-electron chi connectivity index (χ3n) is 2.15. The SMILES string of the molecule is CC(C)CNC(=O)Nc1ccc(O)cc1C(=O)O. The predicted molar refractivity (Wildman–Crippen MR) is 66.9 cm³/mol. The normalized spacial score (nSPS) is 10.2. The minimum atomic E-state index is -1.22. The lowest BCUT2D eigenvalue weighted by Crippen LogP contribution is -2.32. The Morgan fingerprint density at radius 3 is 2.56 bits per heavy atom. The second-order valence-corrected chi connectivity index (χ2v) is 4.26. The fraction of sp³-hybridized carbons (Fsp3) is 0.333. The van der Waals surface area contributed by atoms with Crippen LogP contribution in [0.3, 0.4) is 0 Å². The smallest absolute Gasteiger partial charge is 0.337 e. The van der Waals surface area contributed by atoms with E-state index in [4.69, 9.17) is 5.11 Å². The number of carboxylic acid groups (broad SMARTS) is 1. The van der Waals surface area contributed by atoms with Crippen molar-refractivity contribution in [2.75, 3.05) is 11.9 Å². The van der Waals surface area contributed by atoms with Crippen molar-refractivity contribution in [3.05, 3.63) is 23.8 Å². The molecule has 18 heavy (non-hydrogen) atoms. The molecule has 0 atom stereocenters. The highest BCUT2D eigenvalue weighted by Gasteiger charge is 2.13. The van der Waals surface area contributed by atoms with Crippen LogP contribution in [0.1, 0.15) is 24.2 Å². The number of anilines is 1. The summed E-state index contributed by atoms with van der Waals surface area (Å²) in [5.74, 6) is -1.08. The summed E-state index contributed by atoms with van der Waals surface area (Å²) in [5.41, 5.74) is -0.0174. The maximum atomic E-state index is 11.5.